The fraction of sp³-hybridized carbons (Fsp3) is 0.417. The van der Waals surface area contributed by atoms with Crippen molar-refractivity contribution in [2.75, 3.05) is 0 Å². The summed E-state index contributed by atoms with van der Waals surface area (Å²) in [6, 6.07) is 1.93. The van der Waals surface area contributed by atoms with Crippen molar-refractivity contribution in [3.8, 4) is 5.75 Å². The lowest BCUT2D eigenvalue weighted by Crippen LogP contribution is -2.10. The molecule has 0 bridgehead atoms. The lowest BCUT2D eigenvalue weighted by molar-refractivity contribution is 0.216. The largest absolute Gasteiger partial charge is 0.488 e. The summed E-state index contributed by atoms with van der Waals surface area (Å²) < 4.78 is 5.73. The second kappa shape index (κ2) is 4.80. The van der Waals surface area contributed by atoms with Gasteiger partial charge in [-0.05, 0) is 31.9 Å². The summed E-state index contributed by atoms with van der Waals surface area (Å²) in [6.45, 7) is 10.0. The molecule has 0 N–H and O–H groups in total. The molecule has 0 aliphatic heterocycles. The third kappa shape index (κ3) is 2.59. The quantitative estimate of drug-likeness (QED) is 0.728. The van der Waals surface area contributed by atoms with Crippen LogP contribution in [-0.2, 0) is 0 Å². The number of aromatic nitrogens is 1. The zero-order chi connectivity index (χ0) is 10.6. The Bertz CT molecular complexity index is 320. The van der Waals surface area contributed by atoms with Gasteiger partial charge in [-0.3, -0.25) is 4.98 Å². The summed E-state index contributed by atoms with van der Waals surface area (Å²) in [6.07, 6.45) is 4.71. The first kappa shape index (κ1) is 10.8. The number of rotatable bonds is 4. The monoisotopic (exact) mass is 191 g/mol. The Morgan fingerprint density at radius 1 is 1.64 bits per heavy atom. The van der Waals surface area contributed by atoms with Crippen LogP contribution in [0.3, 0.4) is 0 Å². The SMILES string of the molecule is C=C(C)c1ccncc1OC(C)CC. The van der Waals surface area contributed by atoms with E-state index in [-0.39, 0.29) is 6.10 Å². The van der Waals surface area contributed by atoms with Gasteiger partial charge in [0.1, 0.15) is 5.75 Å². The molecule has 1 rings (SSSR count). The lowest BCUT2D eigenvalue weighted by atomic mass is 10.1. The van der Waals surface area contributed by atoms with Crippen molar-refractivity contribution < 1.29 is 4.74 Å². The molecule has 0 saturated carbocycles. The van der Waals surface area contributed by atoms with E-state index in [1.807, 2.05) is 13.0 Å². The first-order valence-corrected chi connectivity index (χ1v) is 4.91. The first-order chi connectivity index (χ1) is 6.65. The highest BCUT2D eigenvalue weighted by Crippen LogP contribution is 2.24. The van der Waals surface area contributed by atoms with Gasteiger partial charge in [-0.15, -0.1) is 0 Å². The van der Waals surface area contributed by atoms with Crippen LogP contribution >= 0.6 is 0 Å². The molecule has 1 aromatic heterocycles. The third-order valence-corrected chi connectivity index (χ3v) is 2.15. The maximum absolute atomic E-state index is 5.73. The van der Waals surface area contributed by atoms with Crippen LogP contribution in [0.5, 0.6) is 5.75 Å². The van der Waals surface area contributed by atoms with E-state index in [9.17, 15) is 0 Å². The van der Waals surface area contributed by atoms with Crippen molar-refractivity contribution in [3.05, 3.63) is 30.6 Å². The van der Waals surface area contributed by atoms with E-state index in [1.54, 1.807) is 12.4 Å². The molecular formula is C12H17NO. The van der Waals surface area contributed by atoms with E-state index >= 15 is 0 Å². The van der Waals surface area contributed by atoms with E-state index in [1.165, 1.54) is 0 Å². The molecule has 2 heteroatoms. The molecular weight excluding hydrogens is 174 g/mol. The van der Waals surface area contributed by atoms with Gasteiger partial charge in [0.15, 0.2) is 0 Å². The van der Waals surface area contributed by atoms with E-state index in [4.69, 9.17) is 4.74 Å². The Balaban J connectivity index is 2.90. The number of hydrogen-bond acceptors (Lipinski definition) is 2. The second-order valence-corrected chi connectivity index (χ2v) is 3.49. The summed E-state index contributed by atoms with van der Waals surface area (Å²) in [7, 11) is 0. The summed E-state index contributed by atoms with van der Waals surface area (Å²) >= 11 is 0. The Morgan fingerprint density at radius 3 is 2.93 bits per heavy atom. The number of nitrogens with zero attached hydrogens (tertiary/aromatic N) is 1. The van der Waals surface area contributed by atoms with Gasteiger partial charge in [0, 0.05) is 11.8 Å². The topological polar surface area (TPSA) is 22.1 Å². The Labute approximate surface area is 85.6 Å². The summed E-state index contributed by atoms with van der Waals surface area (Å²) in [5.74, 6) is 0.828. The van der Waals surface area contributed by atoms with Crippen molar-refractivity contribution in [2.45, 2.75) is 33.3 Å². The van der Waals surface area contributed by atoms with Crippen LogP contribution in [0, 0.1) is 0 Å². The average Bonchev–Trinajstić information content (AvgIpc) is 2.18. The molecule has 14 heavy (non-hydrogen) atoms. The minimum absolute atomic E-state index is 0.220. The highest BCUT2D eigenvalue weighted by atomic mass is 16.5. The fourth-order valence-corrected chi connectivity index (χ4v) is 1.13. The molecule has 76 valence electrons. The molecule has 2 nitrogen and oxygen atoms in total. The summed E-state index contributed by atoms with van der Waals surface area (Å²) in [4.78, 5) is 4.05. The van der Waals surface area contributed by atoms with Gasteiger partial charge >= 0.3 is 0 Å². The van der Waals surface area contributed by atoms with Gasteiger partial charge in [-0.25, -0.2) is 0 Å². The molecule has 1 unspecified atom stereocenters. The van der Waals surface area contributed by atoms with E-state index < -0.39 is 0 Å². The van der Waals surface area contributed by atoms with Crippen LogP contribution in [0.15, 0.2) is 25.0 Å². The zero-order valence-corrected chi connectivity index (χ0v) is 9.08. The van der Waals surface area contributed by atoms with Crippen molar-refractivity contribution in [1.29, 1.82) is 0 Å². The molecule has 0 aliphatic rings. The van der Waals surface area contributed by atoms with Crippen LogP contribution in [-0.4, -0.2) is 11.1 Å². The molecule has 0 aliphatic carbocycles. The van der Waals surface area contributed by atoms with Gasteiger partial charge in [0.2, 0.25) is 0 Å². The predicted molar refractivity (Wildman–Crippen MR) is 59.3 cm³/mol. The van der Waals surface area contributed by atoms with Crippen molar-refractivity contribution in [3.63, 3.8) is 0 Å². The van der Waals surface area contributed by atoms with Crippen LogP contribution in [0.4, 0.5) is 0 Å². The third-order valence-electron chi connectivity index (χ3n) is 2.15. The van der Waals surface area contributed by atoms with Gasteiger partial charge in [-0.1, -0.05) is 13.5 Å². The molecule has 1 heterocycles. The Morgan fingerprint density at radius 2 is 2.36 bits per heavy atom. The van der Waals surface area contributed by atoms with Crippen molar-refractivity contribution >= 4 is 5.57 Å². The van der Waals surface area contributed by atoms with Crippen LogP contribution in [0.1, 0.15) is 32.8 Å². The van der Waals surface area contributed by atoms with Crippen molar-refractivity contribution in [2.24, 2.45) is 0 Å². The molecule has 1 atom stereocenters. The van der Waals surface area contributed by atoms with E-state index in [0.717, 1.165) is 23.3 Å². The first-order valence-electron chi connectivity index (χ1n) is 4.91. The molecule has 1 aromatic rings. The maximum Gasteiger partial charge on any atom is 0.145 e. The zero-order valence-electron chi connectivity index (χ0n) is 9.08. The van der Waals surface area contributed by atoms with Gasteiger partial charge in [-0.2, -0.15) is 0 Å². The van der Waals surface area contributed by atoms with E-state index in [2.05, 4.69) is 25.4 Å². The van der Waals surface area contributed by atoms with Crippen molar-refractivity contribution in [1.82, 2.24) is 4.98 Å². The van der Waals surface area contributed by atoms with Gasteiger partial charge in [0.05, 0.1) is 12.3 Å². The van der Waals surface area contributed by atoms with E-state index in [0.29, 0.717) is 0 Å². The highest BCUT2D eigenvalue weighted by Gasteiger charge is 2.06. The number of pyridine rings is 1. The van der Waals surface area contributed by atoms with Crippen LogP contribution in [0.25, 0.3) is 5.57 Å². The Hall–Kier alpha value is -1.31. The fourth-order valence-electron chi connectivity index (χ4n) is 1.13. The molecule has 0 aromatic carbocycles. The number of allylic oxidation sites excluding steroid dienone is 1. The van der Waals surface area contributed by atoms with Gasteiger partial charge in [0.25, 0.3) is 0 Å². The van der Waals surface area contributed by atoms with Gasteiger partial charge < -0.3 is 4.74 Å². The standard InChI is InChI=1S/C12H17NO/c1-5-10(4)14-12-8-13-7-6-11(12)9(2)3/h6-8,10H,2,5H2,1,3-4H3. The molecule has 0 saturated heterocycles. The normalized spacial score (nSPS) is 12.2. The minimum Gasteiger partial charge on any atom is -0.488 e. The predicted octanol–water partition coefficient (Wildman–Crippen LogP) is 3.29. The highest BCUT2D eigenvalue weighted by molar-refractivity contribution is 5.66. The summed E-state index contributed by atoms with van der Waals surface area (Å²) in [5.41, 5.74) is 2.05. The van der Waals surface area contributed by atoms with Crippen LogP contribution < -0.4 is 4.74 Å². The number of hydrogen-bond donors (Lipinski definition) is 0. The number of ether oxygens (including phenoxy) is 1. The minimum atomic E-state index is 0.220. The molecule has 0 radical (unpaired) electrons. The Kier molecular flexibility index (Phi) is 3.69. The molecule has 0 spiro atoms. The second-order valence-electron chi connectivity index (χ2n) is 3.49. The smallest absolute Gasteiger partial charge is 0.145 e. The average molecular weight is 191 g/mol. The lowest BCUT2D eigenvalue weighted by Gasteiger charge is -2.15. The molecule has 0 amide bonds. The maximum atomic E-state index is 5.73. The molecule has 0 fully saturated rings. The van der Waals surface area contributed by atoms with Crippen LogP contribution in [0.2, 0.25) is 0 Å². The summed E-state index contributed by atoms with van der Waals surface area (Å²) in [5, 5.41) is 0.